The number of rotatable bonds is 6. The summed E-state index contributed by atoms with van der Waals surface area (Å²) in [6, 6.07) is 19.5. The molecule has 204 valence electrons. The van der Waals surface area contributed by atoms with E-state index in [1.54, 1.807) is 12.1 Å². The second-order valence-corrected chi connectivity index (χ2v) is 10.2. The van der Waals surface area contributed by atoms with Gasteiger partial charge in [-0.25, -0.2) is 0 Å². The summed E-state index contributed by atoms with van der Waals surface area (Å²) in [6.45, 7) is 14.2. The molecule has 1 aromatic heterocycles. The summed E-state index contributed by atoms with van der Waals surface area (Å²) in [5.41, 5.74) is 5.67. The fourth-order valence-electron chi connectivity index (χ4n) is 3.68. The molecule has 0 aliphatic heterocycles. The van der Waals surface area contributed by atoms with Gasteiger partial charge in [0.25, 0.3) is 0 Å². The zero-order valence-corrected chi connectivity index (χ0v) is 25.4. The molecule has 0 radical (unpaired) electrons. The average molecular weight is 638 g/mol. The molecule has 3 rings (SSSR count). The fourth-order valence-corrected chi connectivity index (χ4v) is 3.68. The van der Waals surface area contributed by atoms with Gasteiger partial charge >= 0.3 is 20.4 Å². The molecule has 3 aromatic rings. The molecular formula is C29H36Cl2N2O3Pd. The Morgan fingerprint density at radius 2 is 1.38 bits per heavy atom. The Kier molecular flexibility index (Phi) is 15.7. The Morgan fingerprint density at radius 1 is 0.919 bits per heavy atom. The number of anilines is 1. The molecule has 0 saturated heterocycles. The molecule has 0 aliphatic rings. The van der Waals surface area contributed by atoms with Crippen LogP contribution in [0.3, 0.4) is 0 Å². The quantitative estimate of drug-likeness (QED) is 0.243. The van der Waals surface area contributed by atoms with Crippen LogP contribution in [-0.2, 0) is 30.8 Å². The zero-order chi connectivity index (χ0) is 27.5. The minimum absolute atomic E-state index is 0. The van der Waals surface area contributed by atoms with Crippen molar-refractivity contribution in [2.75, 3.05) is 10.7 Å². The molecule has 37 heavy (non-hydrogen) atoms. The first-order chi connectivity index (χ1) is 16.8. The number of aliphatic carboxylic acids is 1. The van der Waals surface area contributed by atoms with E-state index < -0.39 is 11.5 Å². The van der Waals surface area contributed by atoms with Gasteiger partial charge in [0.15, 0.2) is 0 Å². The SMILES string of the molecule is CC(=O)[O-].CC(C)c1cccc(C(C)C)c1NC(C)(C)c1cccc(-c2ccccc2[O-])n1.ClCCl.[Pd+2]. The molecule has 0 aliphatic carbocycles. The van der Waals surface area contributed by atoms with Gasteiger partial charge in [0, 0.05) is 11.7 Å². The molecule has 0 bridgehead atoms. The average Bonchev–Trinajstić information content (AvgIpc) is 2.79. The molecule has 0 fully saturated rings. The number of halogens is 2. The van der Waals surface area contributed by atoms with E-state index in [9.17, 15) is 5.11 Å². The number of nitrogens with one attached hydrogen (secondary N) is 1. The van der Waals surface area contributed by atoms with E-state index >= 15 is 0 Å². The van der Waals surface area contributed by atoms with Gasteiger partial charge in [0.1, 0.15) is 0 Å². The van der Waals surface area contributed by atoms with Crippen molar-refractivity contribution in [2.45, 2.75) is 65.8 Å². The molecule has 1 heterocycles. The van der Waals surface area contributed by atoms with Gasteiger partial charge < -0.3 is 20.3 Å². The van der Waals surface area contributed by atoms with Gasteiger partial charge in [-0.05, 0) is 61.4 Å². The van der Waals surface area contributed by atoms with Crippen molar-refractivity contribution >= 4 is 34.9 Å². The minimum atomic E-state index is -1.08. The van der Waals surface area contributed by atoms with Gasteiger partial charge in [-0.15, -0.1) is 23.2 Å². The van der Waals surface area contributed by atoms with Gasteiger partial charge in [0.2, 0.25) is 0 Å². The fraction of sp³-hybridized carbons (Fsp3) is 0.379. The Labute approximate surface area is 245 Å². The summed E-state index contributed by atoms with van der Waals surface area (Å²) >= 11 is 9.53. The number of carbonyl (C=O) groups excluding carboxylic acids is 1. The zero-order valence-electron chi connectivity index (χ0n) is 22.4. The maximum absolute atomic E-state index is 12.3. The van der Waals surface area contributed by atoms with Crippen LogP contribution in [0, 0.1) is 0 Å². The number of aromatic nitrogens is 1. The molecule has 0 unspecified atom stereocenters. The number of hydrogen-bond acceptors (Lipinski definition) is 5. The van der Waals surface area contributed by atoms with Crippen LogP contribution in [0.15, 0.2) is 60.7 Å². The monoisotopic (exact) mass is 636 g/mol. The molecule has 8 heteroatoms. The van der Waals surface area contributed by atoms with Crippen LogP contribution in [-0.4, -0.2) is 16.3 Å². The molecule has 1 N–H and O–H groups in total. The van der Waals surface area contributed by atoms with E-state index in [1.165, 1.54) is 16.8 Å². The van der Waals surface area contributed by atoms with E-state index in [2.05, 4.69) is 65.1 Å². The van der Waals surface area contributed by atoms with Gasteiger partial charge in [-0.3, -0.25) is 4.98 Å². The van der Waals surface area contributed by atoms with Crippen molar-refractivity contribution < 1.29 is 35.4 Å². The maximum Gasteiger partial charge on any atom is 2.00 e. The van der Waals surface area contributed by atoms with Crippen LogP contribution < -0.4 is 15.5 Å². The number of pyridine rings is 1. The molecular weight excluding hydrogens is 602 g/mol. The van der Waals surface area contributed by atoms with E-state index in [1.807, 2.05) is 30.3 Å². The normalized spacial score (nSPS) is 10.5. The van der Waals surface area contributed by atoms with Crippen molar-refractivity contribution in [2.24, 2.45) is 0 Å². The molecule has 0 atom stereocenters. The van der Waals surface area contributed by atoms with Crippen LogP contribution in [0.1, 0.15) is 77.1 Å². The van der Waals surface area contributed by atoms with Gasteiger partial charge in [-0.1, -0.05) is 82.0 Å². The molecule has 0 spiro atoms. The second kappa shape index (κ2) is 16.7. The van der Waals surface area contributed by atoms with Crippen molar-refractivity contribution in [3.8, 4) is 17.0 Å². The number of benzene rings is 2. The van der Waals surface area contributed by atoms with E-state index in [-0.39, 0.29) is 31.5 Å². The third-order valence-electron chi connectivity index (χ3n) is 5.36. The summed E-state index contributed by atoms with van der Waals surface area (Å²) < 4.78 is 0. The number of nitrogens with zero attached hydrogens (tertiary/aromatic N) is 1. The van der Waals surface area contributed by atoms with E-state index in [0.717, 1.165) is 12.6 Å². The van der Waals surface area contributed by atoms with Crippen molar-refractivity contribution in [1.29, 1.82) is 0 Å². The summed E-state index contributed by atoms with van der Waals surface area (Å²) in [6.07, 6.45) is 0. The number of carboxylic acids is 1. The minimum Gasteiger partial charge on any atom is -0.872 e. The Balaban J connectivity index is 0.00000145. The third kappa shape index (κ3) is 11.0. The standard InChI is InChI=1S/C26H32N2O.C2H4O2.CH2Cl2.Pd/c1-17(2)19-12-9-13-20(18(3)4)25(19)28-26(5,6)24-16-10-14-22(27-24)21-11-7-8-15-23(21)29;1-2(3)4;2-1-3;/h7-18,28-29H,1-6H3;1H3,(H,3,4);1H2;/q;;;+2/p-2. The van der Waals surface area contributed by atoms with Crippen LogP contribution in [0.5, 0.6) is 5.75 Å². The molecule has 0 saturated carbocycles. The van der Waals surface area contributed by atoms with E-state index in [0.29, 0.717) is 23.1 Å². The first-order valence-corrected chi connectivity index (χ1v) is 12.9. The number of para-hydroxylation sites is 2. The smallest absolute Gasteiger partial charge is 0.872 e. The second-order valence-electron chi connectivity index (χ2n) is 9.37. The van der Waals surface area contributed by atoms with Crippen molar-refractivity contribution in [3.63, 3.8) is 0 Å². The first kappa shape index (κ1) is 34.9. The van der Waals surface area contributed by atoms with Crippen molar-refractivity contribution in [3.05, 3.63) is 77.5 Å². The van der Waals surface area contributed by atoms with Crippen molar-refractivity contribution in [1.82, 2.24) is 4.98 Å². The Bertz CT molecular complexity index is 1090. The number of carbonyl (C=O) groups is 1. The van der Waals surface area contributed by atoms with Crippen LogP contribution >= 0.6 is 23.2 Å². The number of hydrogen-bond donors (Lipinski definition) is 1. The molecule has 0 amide bonds. The number of carboxylic acid groups (broad SMARTS) is 1. The molecule has 2 aromatic carbocycles. The maximum atomic E-state index is 12.3. The predicted molar refractivity (Wildman–Crippen MR) is 148 cm³/mol. The summed E-state index contributed by atoms with van der Waals surface area (Å²) in [5, 5.41) is 25.1. The van der Waals surface area contributed by atoms with Crippen LogP contribution in [0.4, 0.5) is 5.69 Å². The molecule has 5 nitrogen and oxygen atoms in total. The Morgan fingerprint density at radius 3 is 1.84 bits per heavy atom. The summed E-state index contributed by atoms with van der Waals surface area (Å²) in [4.78, 5) is 13.7. The van der Waals surface area contributed by atoms with Gasteiger partial charge in [0.05, 0.1) is 22.3 Å². The largest absolute Gasteiger partial charge is 2.00 e. The summed E-state index contributed by atoms with van der Waals surface area (Å²) in [7, 11) is 0. The topological polar surface area (TPSA) is 88.1 Å². The third-order valence-corrected chi connectivity index (χ3v) is 5.36. The van der Waals surface area contributed by atoms with E-state index in [4.69, 9.17) is 38.1 Å². The first-order valence-electron chi connectivity index (χ1n) is 11.8. The number of alkyl halides is 2. The Hall–Kier alpha value is -2.10. The van der Waals surface area contributed by atoms with Gasteiger partial charge in [-0.2, -0.15) is 0 Å². The predicted octanol–water partition coefficient (Wildman–Crippen LogP) is 6.59. The van der Waals surface area contributed by atoms with Crippen LogP contribution in [0.2, 0.25) is 0 Å². The van der Waals surface area contributed by atoms with Crippen LogP contribution in [0.25, 0.3) is 11.3 Å². The summed E-state index contributed by atoms with van der Waals surface area (Å²) in [5.74, 6) is -0.257.